The highest BCUT2D eigenvalue weighted by Crippen LogP contribution is 2.43. The monoisotopic (exact) mass is 492 g/mol. The van der Waals surface area contributed by atoms with Gasteiger partial charge in [0.1, 0.15) is 11.5 Å². The molecule has 5 rings (SSSR count). The molecular weight excluding hydrogens is 460 g/mol. The van der Waals surface area contributed by atoms with Crippen molar-refractivity contribution in [2.45, 2.75) is 44.8 Å². The molecule has 0 spiro atoms. The fourth-order valence-electron chi connectivity index (χ4n) is 6.13. The molecule has 2 saturated heterocycles. The molecule has 2 aromatic rings. The number of nitrogens with zero attached hydrogens (tertiary/aromatic N) is 4. The van der Waals surface area contributed by atoms with Crippen molar-refractivity contribution in [3.8, 4) is 11.3 Å². The number of aromatic nitrogens is 2. The molecule has 0 N–H and O–H groups in total. The number of aryl methyl sites for hydroxylation is 1. The molecule has 1 aromatic heterocycles. The van der Waals surface area contributed by atoms with Crippen LogP contribution in [0.15, 0.2) is 24.3 Å². The lowest BCUT2D eigenvalue weighted by Gasteiger charge is -2.30. The van der Waals surface area contributed by atoms with Gasteiger partial charge in [0.25, 0.3) is 0 Å². The van der Waals surface area contributed by atoms with Crippen molar-refractivity contribution in [2.24, 2.45) is 17.8 Å². The van der Waals surface area contributed by atoms with Gasteiger partial charge in [0.2, 0.25) is 0 Å². The predicted octanol–water partition coefficient (Wildman–Crippen LogP) is 5.18. The van der Waals surface area contributed by atoms with Crippen LogP contribution in [0.25, 0.3) is 11.3 Å². The Kier molecular flexibility index (Phi) is 6.74. The lowest BCUT2D eigenvalue weighted by Crippen LogP contribution is -2.35. The number of halogens is 4. The minimum atomic E-state index is -4.63. The maximum absolute atomic E-state index is 14.0. The summed E-state index contributed by atoms with van der Waals surface area (Å²) in [6, 6.07) is 4.96. The zero-order valence-corrected chi connectivity index (χ0v) is 20.2. The SMILES string of the molecule is Cc1ccc(F)cc1-c1nnc(N(C)C2C[C@@H]3CN(CC4CCOCC4)C[C@@H]3C2)cc1C(F)(F)F. The van der Waals surface area contributed by atoms with E-state index < -0.39 is 17.6 Å². The first-order chi connectivity index (χ1) is 16.7. The van der Waals surface area contributed by atoms with Crippen molar-refractivity contribution >= 4 is 5.82 Å². The summed E-state index contributed by atoms with van der Waals surface area (Å²) in [6.07, 6.45) is -0.486. The van der Waals surface area contributed by atoms with Gasteiger partial charge < -0.3 is 14.5 Å². The maximum Gasteiger partial charge on any atom is 0.418 e. The minimum absolute atomic E-state index is 0.110. The lowest BCUT2D eigenvalue weighted by atomic mass is 10.00. The van der Waals surface area contributed by atoms with Crippen molar-refractivity contribution in [1.82, 2.24) is 15.1 Å². The second-order valence-electron chi connectivity index (χ2n) is 10.5. The topological polar surface area (TPSA) is 41.5 Å². The largest absolute Gasteiger partial charge is 0.418 e. The Morgan fingerprint density at radius 3 is 2.40 bits per heavy atom. The van der Waals surface area contributed by atoms with Gasteiger partial charge in [0, 0.05) is 51.5 Å². The number of benzene rings is 1. The van der Waals surface area contributed by atoms with Crippen molar-refractivity contribution in [2.75, 3.05) is 44.8 Å². The molecule has 0 radical (unpaired) electrons. The van der Waals surface area contributed by atoms with Gasteiger partial charge >= 0.3 is 6.18 Å². The van der Waals surface area contributed by atoms with Crippen LogP contribution < -0.4 is 4.90 Å². The van der Waals surface area contributed by atoms with Crippen molar-refractivity contribution in [3.63, 3.8) is 0 Å². The lowest BCUT2D eigenvalue weighted by molar-refractivity contribution is -0.137. The average molecular weight is 493 g/mol. The van der Waals surface area contributed by atoms with Crippen LogP contribution in [0.4, 0.5) is 23.4 Å². The molecule has 3 atom stereocenters. The molecule has 1 aliphatic carbocycles. The van der Waals surface area contributed by atoms with E-state index in [0.717, 1.165) is 70.7 Å². The van der Waals surface area contributed by atoms with Crippen molar-refractivity contribution < 1.29 is 22.3 Å². The zero-order valence-electron chi connectivity index (χ0n) is 20.2. The molecule has 3 fully saturated rings. The van der Waals surface area contributed by atoms with E-state index >= 15 is 0 Å². The molecule has 35 heavy (non-hydrogen) atoms. The van der Waals surface area contributed by atoms with Crippen LogP contribution in [-0.4, -0.2) is 61.0 Å². The van der Waals surface area contributed by atoms with Crippen LogP contribution in [0.3, 0.4) is 0 Å². The number of hydrogen-bond donors (Lipinski definition) is 0. The second-order valence-corrected chi connectivity index (χ2v) is 10.5. The summed E-state index contributed by atoms with van der Waals surface area (Å²) >= 11 is 0. The first-order valence-corrected chi connectivity index (χ1v) is 12.4. The summed E-state index contributed by atoms with van der Waals surface area (Å²) < 4.78 is 61.3. The van der Waals surface area contributed by atoms with Crippen molar-refractivity contribution in [1.29, 1.82) is 0 Å². The normalized spacial score (nSPS) is 25.7. The second kappa shape index (κ2) is 9.65. The first-order valence-electron chi connectivity index (χ1n) is 12.4. The summed E-state index contributed by atoms with van der Waals surface area (Å²) in [5.74, 6) is 1.43. The molecule has 190 valence electrons. The van der Waals surface area contributed by atoms with Gasteiger partial charge in [0.15, 0.2) is 5.82 Å². The number of hydrogen-bond acceptors (Lipinski definition) is 5. The Balaban J connectivity index is 1.30. The third-order valence-corrected chi connectivity index (χ3v) is 8.11. The molecule has 3 heterocycles. The molecule has 0 amide bonds. The molecule has 9 heteroatoms. The molecular formula is C26H32F4N4O. The number of likely N-dealkylation sites (tertiary alicyclic amines) is 1. The Morgan fingerprint density at radius 1 is 1.06 bits per heavy atom. The number of ether oxygens (including phenoxy) is 1. The molecule has 5 nitrogen and oxygen atoms in total. The smallest absolute Gasteiger partial charge is 0.381 e. The summed E-state index contributed by atoms with van der Waals surface area (Å²) in [6.45, 7) is 6.60. The molecule has 0 bridgehead atoms. The summed E-state index contributed by atoms with van der Waals surface area (Å²) in [4.78, 5) is 4.42. The van der Waals surface area contributed by atoms with E-state index in [1.807, 2.05) is 11.9 Å². The van der Waals surface area contributed by atoms with Crippen LogP contribution in [0.5, 0.6) is 0 Å². The van der Waals surface area contributed by atoms with E-state index in [-0.39, 0.29) is 23.1 Å². The third-order valence-electron chi connectivity index (χ3n) is 8.11. The van der Waals surface area contributed by atoms with Crippen LogP contribution in [0, 0.1) is 30.5 Å². The van der Waals surface area contributed by atoms with Crippen LogP contribution in [0.2, 0.25) is 0 Å². The molecule has 3 aliphatic rings. The first kappa shape index (κ1) is 24.4. The highest BCUT2D eigenvalue weighted by molar-refractivity contribution is 5.68. The Morgan fingerprint density at radius 2 is 1.74 bits per heavy atom. The molecule has 1 unspecified atom stereocenters. The third kappa shape index (κ3) is 5.16. The van der Waals surface area contributed by atoms with Gasteiger partial charge in [-0.2, -0.15) is 13.2 Å². The van der Waals surface area contributed by atoms with E-state index in [4.69, 9.17) is 4.74 Å². The van der Waals surface area contributed by atoms with E-state index in [1.54, 1.807) is 6.92 Å². The molecule has 1 aromatic carbocycles. The van der Waals surface area contributed by atoms with Crippen LogP contribution in [-0.2, 0) is 10.9 Å². The fourth-order valence-corrected chi connectivity index (χ4v) is 6.13. The standard InChI is InChI=1S/C26H32F4N4O/c1-16-3-4-20(27)11-22(16)25-23(26(28,29)30)12-24(31-32-25)33(2)21-9-18-14-34(15-19(18)10-21)13-17-5-7-35-8-6-17/h3-4,11-12,17-19,21H,5-10,13-15H2,1-2H3/t18-,19+,21?. The van der Waals surface area contributed by atoms with Gasteiger partial charge in [-0.25, -0.2) is 4.39 Å². The zero-order chi connectivity index (χ0) is 24.7. The Hall–Kier alpha value is -2.26. The van der Waals surface area contributed by atoms with Crippen LogP contribution in [0.1, 0.15) is 36.8 Å². The number of rotatable bonds is 5. The number of fused-ring (bicyclic) bond motifs is 1. The quantitative estimate of drug-likeness (QED) is 0.538. The average Bonchev–Trinajstić information content (AvgIpc) is 3.39. The summed E-state index contributed by atoms with van der Waals surface area (Å²) in [5.41, 5.74) is -0.595. The van der Waals surface area contributed by atoms with Gasteiger partial charge in [-0.15, -0.1) is 10.2 Å². The Labute approximate surface area is 203 Å². The number of anilines is 1. The van der Waals surface area contributed by atoms with E-state index in [0.29, 0.717) is 23.3 Å². The molecule has 1 saturated carbocycles. The maximum atomic E-state index is 14.0. The van der Waals surface area contributed by atoms with Gasteiger partial charge in [0.05, 0.1) is 5.56 Å². The van der Waals surface area contributed by atoms with Crippen molar-refractivity contribution in [3.05, 3.63) is 41.2 Å². The van der Waals surface area contributed by atoms with E-state index in [9.17, 15) is 17.6 Å². The minimum Gasteiger partial charge on any atom is -0.381 e. The molecule has 2 aliphatic heterocycles. The van der Waals surface area contributed by atoms with E-state index in [2.05, 4.69) is 15.1 Å². The van der Waals surface area contributed by atoms with Gasteiger partial charge in [-0.1, -0.05) is 6.07 Å². The highest BCUT2D eigenvalue weighted by atomic mass is 19.4. The van der Waals surface area contributed by atoms with Crippen LogP contribution >= 0.6 is 0 Å². The number of alkyl halides is 3. The highest BCUT2D eigenvalue weighted by Gasteiger charge is 2.43. The van der Waals surface area contributed by atoms with Gasteiger partial charge in [-0.3, -0.25) is 0 Å². The fraction of sp³-hybridized carbons (Fsp3) is 0.615. The van der Waals surface area contributed by atoms with Gasteiger partial charge in [-0.05, 0) is 74.1 Å². The predicted molar refractivity (Wildman–Crippen MR) is 126 cm³/mol. The van der Waals surface area contributed by atoms with E-state index in [1.165, 1.54) is 12.1 Å². The Bertz CT molecular complexity index is 1040. The summed E-state index contributed by atoms with van der Waals surface area (Å²) in [7, 11) is 1.81. The summed E-state index contributed by atoms with van der Waals surface area (Å²) in [5, 5.41) is 8.12.